The van der Waals surface area contributed by atoms with Crippen LogP contribution in [0.4, 0.5) is 0 Å². The molecule has 62 valence electrons. The van der Waals surface area contributed by atoms with Gasteiger partial charge in [-0.05, 0) is 18.5 Å². The maximum absolute atomic E-state index is 5.59. The standard InChI is InChI=1S/C7H14OSi.Pt/c1-2-6-9-7-4-3-5-8-9;/h2,9H,1,3-7H2;. The average molecular weight is 337 g/mol. The minimum Gasteiger partial charge on any atom is -0.420 e. The van der Waals surface area contributed by atoms with E-state index in [1.165, 1.54) is 24.9 Å². The first-order chi connectivity index (χ1) is 4.43. The first-order valence-corrected chi connectivity index (χ1v) is 5.76. The quantitative estimate of drug-likeness (QED) is 0.551. The maximum Gasteiger partial charge on any atom is 0.180 e. The predicted molar refractivity (Wildman–Crippen MR) is 42.1 cm³/mol. The van der Waals surface area contributed by atoms with E-state index in [4.69, 9.17) is 4.43 Å². The van der Waals surface area contributed by atoms with Crippen molar-refractivity contribution in [3.63, 3.8) is 0 Å². The molecule has 0 aliphatic carbocycles. The summed E-state index contributed by atoms with van der Waals surface area (Å²) in [5.41, 5.74) is 0. The molecule has 1 aliphatic heterocycles. The summed E-state index contributed by atoms with van der Waals surface area (Å²) in [6.07, 6.45) is 4.67. The van der Waals surface area contributed by atoms with Gasteiger partial charge in [-0.1, -0.05) is 12.5 Å². The maximum atomic E-state index is 5.59. The van der Waals surface area contributed by atoms with Crippen LogP contribution in [0.3, 0.4) is 0 Å². The molecule has 1 aliphatic rings. The monoisotopic (exact) mass is 337 g/mol. The Balaban J connectivity index is 0.000000810. The third-order valence-electron chi connectivity index (χ3n) is 1.70. The van der Waals surface area contributed by atoms with Gasteiger partial charge in [0.1, 0.15) is 0 Å². The van der Waals surface area contributed by atoms with Gasteiger partial charge in [0.15, 0.2) is 9.04 Å². The summed E-state index contributed by atoms with van der Waals surface area (Å²) in [5.74, 6) is 0. The molecule has 1 nitrogen and oxygen atoms in total. The van der Waals surface area contributed by atoms with E-state index in [0.717, 1.165) is 6.61 Å². The van der Waals surface area contributed by atoms with Crippen LogP contribution >= 0.6 is 0 Å². The molecule has 1 saturated heterocycles. The van der Waals surface area contributed by atoms with Gasteiger partial charge in [-0.3, -0.25) is 0 Å². The van der Waals surface area contributed by atoms with Crippen LogP contribution in [0.25, 0.3) is 0 Å². The van der Waals surface area contributed by atoms with Crippen molar-refractivity contribution in [2.24, 2.45) is 0 Å². The van der Waals surface area contributed by atoms with Gasteiger partial charge < -0.3 is 4.43 Å². The van der Waals surface area contributed by atoms with Gasteiger partial charge in [0.2, 0.25) is 0 Å². The second kappa shape index (κ2) is 6.32. The van der Waals surface area contributed by atoms with Crippen LogP contribution in [0.1, 0.15) is 12.8 Å². The molecule has 0 spiro atoms. The number of rotatable bonds is 2. The van der Waals surface area contributed by atoms with E-state index < -0.39 is 9.04 Å². The Morgan fingerprint density at radius 1 is 1.50 bits per heavy atom. The number of allylic oxidation sites excluding steroid dienone is 1. The SMILES string of the molecule is C=CC[SiH]1CCCCO1.[Pt]. The van der Waals surface area contributed by atoms with Crippen molar-refractivity contribution < 1.29 is 25.5 Å². The summed E-state index contributed by atoms with van der Waals surface area (Å²) in [6.45, 7) is 4.73. The Hall–Kier alpha value is 0.605. The molecule has 0 aromatic carbocycles. The summed E-state index contributed by atoms with van der Waals surface area (Å²) in [4.78, 5) is 0. The minimum atomic E-state index is -0.744. The largest absolute Gasteiger partial charge is 0.420 e. The van der Waals surface area contributed by atoms with E-state index in [9.17, 15) is 0 Å². The minimum absolute atomic E-state index is 0. The zero-order valence-corrected chi connectivity index (χ0v) is 9.55. The van der Waals surface area contributed by atoms with E-state index >= 15 is 0 Å². The molecule has 0 aromatic rings. The summed E-state index contributed by atoms with van der Waals surface area (Å²) < 4.78 is 5.59. The van der Waals surface area contributed by atoms with Gasteiger partial charge in [-0.25, -0.2) is 0 Å². The normalized spacial score (nSPS) is 25.0. The first-order valence-electron chi connectivity index (χ1n) is 3.66. The van der Waals surface area contributed by atoms with Crippen LogP contribution in [0.15, 0.2) is 12.7 Å². The van der Waals surface area contributed by atoms with E-state index in [0.29, 0.717) is 0 Å². The molecule has 0 bridgehead atoms. The van der Waals surface area contributed by atoms with Crippen molar-refractivity contribution in [1.29, 1.82) is 0 Å². The summed E-state index contributed by atoms with van der Waals surface area (Å²) >= 11 is 0. The molecule has 1 atom stereocenters. The Bertz CT molecular complexity index is 91.6. The van der Waals surface area contributed by atoms with Crippen LogP contribution in [-0.4, -0.2) is 15.6 Å². The molecular formula is C7H14OPtSi. The van der Waals surface area contributed by atoms with E-state index in [2.05, 4.69) is 6.58 Å². The summed E-state index contributed by atoms with van der Waals surface area (Å²) in [6, 6.07) is 2.53. The topological polar surface area (TPSA) is 9.23 Å². The van der Waals surface area contributed by atoms with Crippen molar-refractivity contribution in [3.05, 3.63) is 12.7 Å². The molecule has 1 rings (SSSR count). The van der Waals surface area contributed by atoms with Gasteiger partial charge in [0.25, 0.3) is 0 Å². The molecule has 0 saturated carbocycles. The third-order valence-corrected chi connectivity index (χ3v) is 4.32. The Labute approximate surface area is 78.8 Å². The van der Waals surface area contributed by atoms with Crippen molar-refractivity contribution in [1.82, 2.24) is 0 Å². The Kier molecular flexibility index (Phi) is 6.71. The summed E-state index contributed by atoms with van der Waals surface area (Å²) in [7, 11) is -0.744. The van der Waals surface area contributed by atoms with E-state index in [-0.39, 0.29) is 21.1 Å². The van der Waals surface area contributed by atoms with Crippen molar-refractivity contribution in [2.75, 3.05) is 6.61 Å². The molecule has 0 radical (unpaired) electrons. The fraction of sp³-hybridized carbons (Fsp3) is 0.714. The first kappa shape index (κ1) is 10.6. The zero-order chi connectivity index (χ0) is 6.53. The fourth-order valence-electron chi connectivity index (χ4n) is 1.18. The van der Waals surface area contributed by atoms with Gasteiger partial charge in [0.05, 0.1) is 0 Å². The van der Waals surface area contributed by atoms with Crippen molar-refractivity contribution >= 4 is 9.04 Å². The smallest absolute Gasteiger partial charge is 0.180 e. The molecule has 0 aromatic heterocycles. The second-order valence-electron chi connectivity index (χ2n) is 2.51. The average Bonchev–Trinajstić information content (AvgIpc) is 1.91. The van der Waals surface area contributed by atoms with Gasteiger partial charge >= 0.3 is 0 Å². The van der Waals surface area contributed by atoms with Crippen molar-refractivity contribution in [2.45, 2.75) is 24.9 Å². The molecular weight excluding hydrogens is 323 g/mol. The second-order valence-corrected chi connectivity index (χ2v) is 5.14. The number of hydrogen-bond acceptors (Lipinski definition) is 1. The third kappa shape index (κ3) is 3.70. The van der Waals surface area contributed by atoms with Crippen LogP contribution < -0.4 is 0 Å². The van der Waals surface area contributed by atoms with Gasteiger partial charge in [-0.15, -0.1) is 6.58 Å². The summed E-state index contributed by atoms with van der Waals surface area (Å²) in [5, 5.41) is 0. The predicted octanol–water partition coefficient (Wildman–Crippen LogP) is 1.70. The molecule has 0 N–H and O–H groups in total. The van der Waals surface area contributed by atoms with E-state index in [1.807, 2.05) is 6.08 Å². The van der Waals surface area contributed by atoms with Crippen LogP contribution in [0.2, 0.25) is 12.1 Å². The Morgan fingerprint density at radius 3 is 2.80 bits per heavy atom. The van der Waals surface area contributed by atoms with Crippen LogP contribution in [0, 0.1) is 0 Å². The zero-order valence-electron chi connectivity index (χ0n) is 6.12. The van der Waals surface area contributed by atoms with Crippen molar-refractivity contribution in [3.8, 4) is 0 Å². The van der Waals surface area contributed by atoms with Gasteiger partial charge in [0, 0.05) is 27.7 Å². The van der Waals surface area contributed by atoms with E-state index in [1.54, 1.807) is 0 Å². The molecule has 0 amide bonds. The van der Waals surface area contributed by atoms with Crippen LogP contribution in [0.5, 0.6) is 0 Å². The molecule has 1 fully saturated rings. The molecule has 10 heavy (non-hydrogen) atoms. The van der Waals surface area contributed by atoms with Gasteiger partial charge in [-0.2, -0.15) is 0 Å². The van der Waals surface area contributed by atoms with Crippen LogP contribution in [-0.2, 0) is 25.5 Å². The Morgan fingerprint density at radius 2 is 2.30 bits per heavy atom. The number of hydrogen-bond donors (Lipinski definition) is 0. The fourth-order valence-corrected chi connectivity index (χ4v) is 3.33. The molecule has 1 heterocycles. The molecule has 1 unspecified atom stereocenters. The molecule has 3 heteroatoms.